The average Bonchev–Trinajstić information content (AvgIpc) is 3.23. The van der Waals surface area contributed by atoms with Crippen molar-refractivity contribution in [2.24, 2.45) is 5.10 Å². The summed E-state index contributed by atoms with van der Waals surface area (Å²) in [6.45, 7) is 4.68. The first-order valence-corrected chi connectivity index (χ1v) is 10.6. The van der Waals surface area contributed by atoms with Crippen molar-refractivity contribution >= 4 is 34.8 Å². The molecule has 9 nitrogen and oxygen atoms in total. The predicted octanol–water partition coefficient (Wildman–Crippen LogP) is -0.451. The van der Waals surface area contributed by atoms with Gasteiger partial charge in [-0.05, 0) is 44.1 Å². The lowest BCUT2D eigenvalue weighted by molar-refractivity contribution is -0.590. The number of nitrogens with two attached hydrogens (primary N) is 1. The number of benzene rings is 1. The number of ether oxygens (including phenoxy) is 1. The number of quaternary nitrogens is 1. The Morgan fingerprint density at radius 3 is 2.70 bits per heavy atom. The molecule has 2 fully saturated rings. The van der Waals surface area contributed by atoms with Gasteiger partial charge in [-0.1, -0.05) is 16.7 Å². The Labute approximate surface area is 179 Å². The van der Waals surface area contributed by atoms with E-state index in [1.807, 2.05) is 6.07 Å². The van der Waals surface area contributed by atoms with E-state index in [2.05, 4.69) is 26.0 Å². The third-order valence-electron chi connectivity index (χ3n) is 5.41. The second-order valence-corrected chi connectivity index (χ2v) is 7.83. The van der Waals surface area contributed by atoms with Crippen LogP contribution in [-0.4, -0.2) is 63.0 Å². The minimum absolute atomic E-state index is 0.112. The number of carbonyl (C=O) groups is 2. The van der Waals surface area contributed by atoms with Crippen LogP contribution in [-0.2, 0) is 9.53 Å². The van der Waals surface area contributed by atoms with Gasteiger partial charge >= 0.3 is 0 Å². The van der Waals surface area contributed by atoms with E-state index in [0.717, 1.165) is 44.7 Å². The van der Waals surface area contributed by atoms with E-state index in [9.17, 15) is 9.59 Å². The summed E-state index contributed by atoms with van der Waals surface area (Å²) in [5.41, 5.74) is 3.40. The zero-order valence-corrected chi connectivity index (χ0v) is 17.4. The van der Waals surface area contributed by atoms with Crippen LogP contribution in [0.4, 0.5) is 5.69 Å². The molecule has 3 aliphatic heterocycles. The van der Waals surface area contributed by atoms with E-state index in [1.54, 1.807) is 18.3 Å². The zero-order chi connectivity index (χ0) is 20.9. The molecule has 0 unspecified atom stereocenters. The molecule has 1 aromatic rings. The van der Waals surface area contributed by atoms with Gasteiger partial charge in [0, 0.05) is 24.8 Å². The highest BCUT2D eigenvalue weighted by Crippen LogP contribution is 2.24. The second kappa shape index (κ2) is 9.57. The number of amides is 2. The molecular formula is C20H26ClN6O3+. The largest absolute Gasteiger partial charge is 0.378 e. The van der Waals surface area contributed by atoms with E-state index in [-0.39, 0.29) is 23.6 Å². The lowest BCUT2D eigenvalue weighted by Gasteiger charge is -2.29. The highest BCUT2D eigenvalue weighted by molar-refractivity contribution is 6.45. The average molecular weight is 434 g/mol. The maximum Gasteiger partial charge on any atom is 0.278 e. The van der Waals surface area contributed by atoms with Gasteiger partial charge in [-0.15, -0.1) is 0 Å². The van der Waals surface area contributed by atoms with E-state index >= 15 is 0 Å². The molecule has 0 spiro atoms. The van der Waals surface area contributed by atoms with Crippen molar-refractivity contribution in [2.45, 2.75) is 18.9 Å². The Morgan fingerprint density at radius 2 is 1.97 bits per heavy atom. The van der Waals surface area contributed by atoms with Gasteiger partial charge < -0.3 is 25.6 Å². The maximum absolute atomic E-state index is 12.8. The molecule has 10 heteroatoms. The van der Waals surface area contributed by atoms with Crippen LogP contribution in [0, 0.1) is 0 Å². The zero-order valence-electron chi connectivity index (χ0n) is 16.6. The monoisotopic (exact) mass is 433 g/mol. The van der Waals surface area contributed by atoms with Gasteiger partial charge in [0.2, 0.25) is 5.71 Å². The number of halogens is 1. The predicted molar refractivity (Wildman–Crippen MR) is 113 cm³/mol. The van der Waals surface area contributed by atoms with E-state index < -0.39 is 0 Å². The SMILES string of the molecule is O=C(NC1CCNCC1)C1=N[NH2+]C=C1NC(=O)c1ccc(N2CCOCC2)cc1Cl. The summed E-state index contributed by atoms with van der Waals surface area (Å²) >= 11 is 6.40. The smallest absolute Gasteiger partial charge is 0.278 e. The quantitative estimate of drug-likeness (QED) is 0.470. The highest BCUT2D eigenvalue weighted by atomic mass is 35.5. The van der Waals surface area contributed by atoms with Crippen molar-refractivity contribution in [3.05, 3.63) is 40.7 Å². The Bertz CT molecular complexity index is 875. The molecule has 0 saturated carbocycles. The normalized spacial score (nSPS) is 19.8. The van der Waals surface area contributed by atoms with Crippen LogP contribution >= 0.6 is 11.6 Å². The number of rotatable bonds is 5. The lowest BCUT2D eigenvalue weighted by Crippen LogP contribution is -2.69. The molecule has 2 amide bonds. The van der Waals surface area contributed by atoms with Crippen LogP contribution in [0.25, 0.3) is 0 Å². The van der Waals surface area contributed by atoms with Crippen molar-refractivity contribution in [1.82, 2.24) is 16.0 Å². The number of hydrogen-bond donors (Lipinski definition) is 4. The summed E-state index contributed by atoms with van der Waals surface area (Å²) in [6.07, 6.45) is 3.36. The number of anilines is 1. The van der Waals surface area contributed by atoms with Gasteiger partial charge in [0.1, 0.15) is 11.9 Å². The van der Waals surface area contributed by atoms with E-state index in [4.69, 9.17) is 16.3 Å². The molecule has 3 heterocycles. The summed E-state index contributed by atoms with van der Waals surface area (Å²) < 4.78 is 5.37. The summed E-state index contributed by atoms with van der Waals surface area (Å²) in [6, 6.07) is 5.48. The molecule has 0 bridgehead atoms. The highest BCUT2D eigenvalue weighted by Gasteiger charge is 2.28. The van der Waals surface area contributed by atoms with Gasteiger partial charge in [0.25, 0.3) is 11.8 Å². The summed E-state index contributed by atoms with van der Waals surface area (Å²) in [7, 11) is 0. The topological polar surface area (TPSA) is 112 Å². The van der Waals surface area contributed by atoms with E-state index in [0.29, 0.717) is 29.5 Å². The Morgan fingerprint density at radius 1 is 1.20 bits per heavy atom. The number of hydrogen-bond acceptors (Lipinski definition) is 6. The minimum Gasteiger partial charge on any atom is -0.378 e. The fourth-order valence-electron chi connectivity index (χ4n) is 3.73. The van der Waals surface area contributed by atoms with Crippen molar-refractivity contribution in [3.63, 3.8) is 0 Å². The fourth-order valence-corrected chi connectivity index (χ4v) is 3.99. The van der Waals surface area contributed by atoms with Crippen LogP contribution in [0.5, 0.6) is 0 Å². The number of morpholine rings is 1. The van der Waals surface area contributed by atoms with Gasteiger partial charge in [-0.2, -0.15) is 5.43 Å². The summed E-state index contributed by atoms with van der Waals surface area (Å²) in [5, 5.41) is 13.5. The first kappa shape index (κ1) is 20.8. The molecule has 0 aliphatic carbocycles. The lowest BCUT2D eigenvalue weighted by atomic mass is 10.1. The fraction of sp³-hybridized carbons (Fsp3) is 0.450. The molecule has 4 rings (SSSR count). The number of carbonyl (C=O) groups excluding carboxylic acids is 2. The molecule has 2 saturated heterocycles. The van der Waals surface area contributed by atoms with Crippen molar-refractivity contribution < 1.29 is 19.8 Å². The maximum atomic E-state index is 12.8. The van der Waals surface area contributed by atoms with Gasteiger partial charge in [-0.25, -0.2) is 0 Å². The number of nitrogens with zero attached hydrogens (tertiary/aromatic N) is 2. The molecule has 160 valence electrons. The summed E-state index contributed by atoms with van der Waals surface area (Å²) in [4.78, 5) is 27.6. The van der Waals surface area contributed by atoms with Crippen LogP contribution in [0.3, 0.4) is 0 Å². The molecule has 30 heavy (non-hydrogen) atoms. The van der Waals surface area contributed by atoms with Crippen molar-refractivity contribution in [1.29, 1.82) is 0 Å². The Kier molecular flexibility index (Phi) is 6.63. The van der Waals surface area contributed by atoms with Gasteiger partial charge in [-0.3, -0.25) is 9.59 Å². The van der Waals surface area contributed by atoms with Crippen LogP contribution in [0.1, 0.15) is 23.2 Å². The molecular weight excluding hydrogens is 408 g/mol. The summed E-state index contributed by atoms with van der Waals surface area (Å²) in [5.74, 6) is -0.659. The Hall–Kier alpha value is -2.46. The second-order valence-electron chi connectivity index (χ2n) is 7.42. The van der Waals surface area contributed by atoms with Gasteiger partial charge in [0.15, 0.2) is 0 Å². The third-order valence-corrected chi connectivity index (χ3v) is 5.72. The van der Waals surface area contributed by atoms with E-state index in [1.165, 1.54) is 5.43 Å². The minimum atomic E-state index is -0.377. The third kappa shape index (κ3) is 4.81. The van der Waals surface area contributed by atoms with Gasteiger partial charge in [0.05, 0.1) is 23.8 Å². The molecule has 0 atom stereocenters. The molecule has 0 aromatic heterocycles. The number of nitrogens with one attached hydrogen (secondary N) is 3. The van der Waals surface area contributed by atoms with Crippen LogP contribution < -0.4 is 26.3 Å². The standard InChI is InChI=1S/C20H25ClN6O3/c21-16-11-14(27-7-9-30-10-8-27)1-2-15(16)19(28)25-17-12-23-26-18(17)20(29)24-13-3-5-22-6-4-13/h1-2,11-13,22H,3-10H2,(H,23,26)(H,24,29)(H,25,28)/p+1. The van der Waals surface area contributed by atoms with Crippen LogP contribution in [0.2, 0.25) is 5.02 Å². The Balaban J connectivity index is 1.39. The molecule has 5 N–H and O–H groups in total. The number of piperidine rings is 1. The molecule has 3 aliphatic rings. The van der Waals surface area contributed by atoms with Crippen molar-refractivity contribution in [2.75, 3.05) is 44.3 Å². The first-order chi connectivity index (χ1) is 14.6. The molecule has 0 radical (unpaired) electrons. The van der Waals surface area contributed by atoms with Crippen LogP contribution in [0.15, 0.2) is 35.2 Å². The first-order valence-electron chi connectivity index (χ1n) is 10.2. The van der Waals surface area contributed by atoms with Crippen molar-refractivity contribution in [3.8, 4) is 0 Å². The molecule has 1 aromatic carbocycles.